The molecule has 2 fully saturated rings. The molecule has 4 unspecified atom stereocenters. The second kappa shape index (κ2) is 33.5. The van der Waals surface area contributed by atoms with Gasteiger partial charge in [0.15, 0.2) is 0 Å². The number of rotatable bonds is 17. The third kappa shape index (κ3) is 15.4. The van der Waals surface area contributed by atoms with Gasteiger partial charge in [-0.05, 0) is 160 Å². The molecule has 0 amide bonds. The van der Waals surface area contributed by atoms with E-state index in [1.165, 1.54) is 61.2 Å². The van der Waals surface area contributed by atoms with Gasteiger partial charge in [-0.2, -0.15) is 5.56 Å². The first kappa shape index (κ1) is 72.6. The van der Waals surface area contributed by atoms with Gasteiger partial charge >= 0.3 is 40.2 Å². The van der Waals surface area contributed by atoms with E-state index in [-0.39, 0.29) is 75.7 Å². The standard InChI is InChI=1S/C102H74N6.2Ir/c1-6-26-91(86(21-1)69-37-47-74(48-38-69)98-33-13-17-57-103-98)79-61-80(92-27-7-2-22-87(92)70-39-49-75(50-40-70)99-34-14-18-58-104-99)63-81(62-79)95-30-10-5-25-90(95)73-45-55-78(56-46-73)102-107-67-85(68-108-102)97-32-12-11-31-96(97)84-65-82(93-28-8-3-23-88(93)71-41-51-76(52-42-71)100-35-15-19-59-105-100)64-83(66-84)94-29-9-4-24-89(94)72-43-53-77(54-44-72)101-36-16-20-60-106-101;;/h1-47,49,51,53,57-60,67-68,79-84H,61-66H2;;/q-6;2*+3. The minimum Gasteiger partial charge on any atom is -0.332 e. The molecule has 0 spiro atoms. The molecule has 16 aromatic rings. The molecule has 2 aliphatic carbocycles. The molecule has 8 heteroatoms. The summed E-state index contributed by atoms with van der Waals surface area (Å²) in [5, 5.41) is 0. The molecule has 0 saturated heterocycles. The summed E-state index contributed by atoms with van der Waals surface area (Å²) >= 11 is 0. The smallest absolute Gasteiger partial charge is 0.332 e. The third-order valence-electron chi connectivity index (χ3n) is 22.3. The van der Waals surface area contributed by atoms with Crippen LogP contribution in [0.4, 0.5) is 0 Å². The molecule has 0 bridgehead atoms. The van der Waals surface area contributed by atoms with E-state index < -0.39 is 0 Å². The average molecular weight is 1770 g/mol. The third-order valence-corrected chi connectivity index (χ3v) is 22.3. The molecule has 6 nitrogen and oxygen atoms in total. The summed E-state index contributed by atoms with van der Waals surface area (Å²) in [4.78, 5) is 28.8. The topological polar surface area (TPSA) is 77.3 Å². The Morgan fingerprint density at radius 2 is 0.436 bits per heavy atom. The molecule has 2 saturated carbocycles. The molecule has 4 atom stereocenters. The molecule has 18 rings (SSSR count). The molecular weight excluding hydrogens is 1690 g/mol. The summed E-state index contributed by atoms with van der Waals surface area (Å²) in [6.45, 7) is 0. The number of benzene rings is 11. The summed E-state index contributed by atoms with van der Waals surface area (Å²) in [5.74, 6) is 1.97. The van der Waals surface area contributed by atoms with Gasteiger partial charge in [0.05, 0.1) is 0 Å². The van der Waals surface area contributed by atoms with Gasteiger partial charge in [-0.1, -0.05) is 250 Å². The number of hydrogen-bond acceptors (Lipinski definition) is 6. The maximum atomic E-state index is 5.14. The predicted molar refractivity (Wildman–Crippen MR) is 436 cm³/mol. The first-order chi connectivity index (χ1) is 53.5. The second-order valence-electron chi connectivity index (χ2n) is 28.6. The van der Waals surface area contributed by atoms with E-state index in [1.54, 1.807) is 0 Å². The summed E-state index contributed by atoms with van der Waals surface area (Å²) in [7, 11) is 0. The van der Waals surface area contributed by atoms with E-state index in [9.17, 15) is 0 Å². The molecule has 5 heterocycles. The molecule has 0 N–H and O–H groups in total. The van der Waals surface area contributed by atoms with Crippen LogP contribution in [0, 0.1) is 36.4 Å². The van der Waals surface area contributed by atoms with Crippen LogP contribution in [-0.2, 0) is 40.2 Å². The monoisotopic (exact) mass is 1770 g/mol. The van der Waals surface area contributed by atoms with Crippen molar-refractivity contribution in [1.29, 1.82) is 0 Å². The fraction of sp³-hybridized carbons (Fsp3) is 0.118. The Bertz CT molecular complexity index is 5120. The largest absolute Gasteiger partial charge is 3.00 e. The second-order valence-corrected chi connectivity index (χ2v) is 28.6. The Morgan fingerprint density at radius 1 is 0.209 bits per heavy atom. The molecule has 5 aromatic heterocycles. The maximum Gasteiger partial charge on any atom is 3.00 e. The summed E-state index contributed by atoms with van der Waals surface area (Å²) < 4.78 is 0. The fourth-order valence-electron chi connectivity index (χ4n) is 17.2. The van der Waals surface area contributed by atoms with Gasteiger partial charge in [-0.15, -0.1) is 119 Å². The van der Waals surface area contributed by atoms with Crippen molar-refractivity contribution in [2.24, 2.45) is 0 Å². The molecule has 0 aliphatic heterocycles. The summed E-state index contributed by atoms with van der Waals surface area (Å²) in [6.07, 6.45) is 17.3. The Balaban J connectivity index is 0.00000460. The number of nitrogens with zero attached hydrogens (tertiary/aromatic N) is 6. The molecule has 530 valence electrons. The van der Waals surface area contributed by atoms with Gasteiger partial charge < -0.3 is 29.9 Å². The molecule has 2 aliphatic rings. The number of pyridine rings is 4. The number of aromatic nitrogens is 6. The van der Waals surface area contributed by atoms with Gasteiger partial charge in [0.2, 0.25) is 0 Å². The molecular formula is C102H74Ir2N6. The van der Waals surface area contributed by atoms with Gasteiger partial charge in [0, 0.05) is 42.7 Å². The van der Waals surface area contributed by atoms with Crippen LogP contribution in [-0.4, -0.2) is 29.9 Å². The van der Waals surface area contributed by atoms with Crippen LogP contribution in [0.15, 0.2) is 340 Å². The predicted octanol–water partition coefficient (Wildman–Crippen LogP) is 24.9. The number of hydrogen-bond donors (Lipinski definition) is 0. The van der Waals surface area contributed by atoms with Crippen molar-refractivity contribution in [3.8, 4) is 123 Å². The van der Waals surface area contributed by atoms with Crippen molar-refractivity contribution >= 4 is 0 Å². The van der Waals surface area contributed by atoms with Gasteiger partial charge in [-0.3, -0.25) is 12.1 Å². The van der Waals surface area contributed by atoms with Crippen LogP contribution >= 0.6 is 0 Å². The molecule has 0 radical (unpaired) electrons. The van der Waals surface area contributed by atoms with Gasteiger partial charge in [0.1, 0.15) is 0 Å². The van der Waals surface area contributed by atoms with Gasteiger partial charge in [-0.25, -0.2) is 17.7 Å². The van der Waals surface area contributed by atoms with Crippen LogP contribution in [0.2, 0.25) is 0 Å². The minimum absolute atomic E-state index is 0. The van der Waals surface area contributed by atoms with E-state index in [0.717, 1.165) is 128 Å². The fourth-order valence-corrected chi connectivity index (χ4v) is 17.2. The molecule has 110 heavy (non-hydrogen) atoms. The Morgan fingerprint density at radius 3 is 0.673 bits per heavy atom. The van der Waals surface area contributed by atoms with Crippen molar-refractivity contribution in [3.05, 3.63) is 410 Å². The Labute approximate surface area is 672 Å². The van der Waals surface area contributed by atoms with Crippen molar-refractivity contribution in [2.45, 2.75) is 74.0 Å². The first-order valence-electron chi connectivity index (χ1n) is 37.6. The zero-order valence-electron chi connectivity index (χ0n) is 60.4. The van der Waals surface area contributed by atoms with E-state index in [2.05, 4.69) is 287 Å². The Kier molecular flexibility index (Phi) is 22.1. The van der Waals surface area contributed by atoms with E-state index in [4.69, 9.17) is 9.97 Å². The van der Waals surface area contributed by atoms with Crippen LogP contribution in [0.25, 0.3) is 123 Å². The average Bonchev–Trinajstić information content (AvgIpc) is 0.771. The van der Waals surface area contributed by atoms with Crippen LogP contribution in [0.5, 0.6) is 0 Å². The maximum absolute atomic E-state index is 5.14. The Hall–Kier alpha value is -11.6. The van der Waals surface area contributed by atoms with Crippen LogP contribution in [0.3, 0.4) is 0 Å². The van der Waals surface area contributed by atoms with Crippen LogP contribution in [0.1, 0.15) is 107 Å². The summed E-state index contributed by atoms with van der Waals surface area (Å²) in [5.41, 5.74) is 30.3. The minimum atomic E-state index is 0. The van der Waals surface area contributed by atoms with Crippen molar-refractivity contribution in [2.75, 3.05) is 0 Å². The summed E-state index contributed by atoms with van der Waals surface area (Å²) in [6, 6.07) is 130. The van der Waals surface area contributed by atoms with Crippen LogP contribution < -0.4 is 0 Å². The van der Waals surface area contributed by atoms with Crippen molar-refractivity contribution in [3.63, 3.8) is 0 Å². The van der Waals surface area contributed by atoms with E-state index in [1.807, 2.05) is 110 Å². The normalized spacial score (nSPS) is 16.7. The van der Waals surface area contributed by atoms with E-state index in [0.29, 0.717) is 5.82 Å². The van der Waals surface area contributed by atoms with Crippen molar-refractivity contribution < 1.29 is 40.2 Å². The van der Waals surface area contributed by atoms with E-state index >= 15 is 0 Å². The first-order valence-corrected chi connectivity index (χ1v) is 37.6. The zero-order valence-corrected chi connectivity index (χ0v) is 65.2. The van der Waals surface area contributed by atoms with Gasteiger partial charge in [0.25, 0.3) is 0 Å². The quantitative estimate of drug-likeness (QED) is 0.0846. The SMILES string of the molecule is [Ir+3].[Ir+3].[c-]1cc(-c2ccccc2C2CC(c3ccccc3-c3c[c-]c(-c4ccccn4)cc3)CC(c3ccccc3-c3c[c-]c(-c4ccccn4)cc3)C2)c[c-]c1-c1ncc(-c2ccccc2C2CC(c3ccccc3-c3c[c-]c(-c4ccccn4)cc3)CC(c3ccccc3-c3c[c-]c(-c4ccccn4)cc3)C2)cn1. The molecule has 11 aromatic carbocycles. The van der Waals surface area contributed by atoms with Crippen molar-refractivity contribution in [1.82, 2.24) is 29.9 Å². The zero-order chi connectivity index (χ0) is 72.0.